The van der Waals surface area contributed by atoms with Gasteiger partial charge in [-0.25, -0.2) is 4.39 Å². The van der Waals surface area contributed by atoms with E-state index in [1.807, 2.05) is 24.3 Å². The molecule has 2 aromatic carbocycles. The summed E-state index contributed by atoms with van der Waals surface area (Å²) in [4.78, 5) is 2.37. The Hall–Kier alpha value is -0.970. The normalized spacial score (nSPS) is 13.8. The van der Waals surface area contributed by atoms with Gasteiger partial charge in [-0.2, -0.15) is 0 Å². The molecule has 0 amide bonds. The van der Waals surface area contributed by atoms with Crippen LogP contribution in [0.3, 0.4) is 0 Å². The van der Waals surface area contributed by atoms with Crippen molar-refractivity contribution in [2.24, 2.45) is 0 Å². The van der Waals surface area contributed by atoms with Crippen LogP contribution in [0, 0.1) is 5.82 Å². The summed E-state index contributed by atoms with van der Waals surface area (Å²) >= 11 is 11.2. The van der Waals surface area contributed by atoms with Crippen molar-refractivity contribution in [2.75, 3.05) is 0 Å². The number of hydrogen-bond acceptors (Lipinski definition) is 1. The highest BCUT2D eigenvalue weighted by atomic mass is 79.9. The third kappa shape index (κ3) is 2.38. The fourth-order valence-corrected chi connectivity index (χ4v) is 5.08. The summed E-state index contributed by atoms with van der Waals surface area (Å²) in [6, 6.07) is 11.0. The van der Waals surface area contributed by atoms with E-state index >= 15 is 0 Å². The molecule has 5 heteroatoms. The quantitative estimate of drug-likeness (QED) is 0.492. The molecule has 0 saturated heterocycles. The molecule has 4 rings (SSSR count). The average molecular weight is 397 g/mol. The average Bonchev–Trinajstić information content (AvgIpc) is 3.05. The molecule has 0 saturated carbocycles. The molecule has 0 bridgehead atoms. The molecule has 0 aliphatic carbocycles. The molecule has 0 unspecified atom stereocenters. The maximum atomic E-state index is 13.8. The Bertz CT molecular complexity index is 873. The largest absolute Gasteiger partial charge is 0.343 e. The Balaban J connectivity index is 1.91. The van der Waals surface area contributed by atoms with Crippen LogP contribution in [0.5, 0.6) is 0 Å². The topological polar surface area (TPSA) is 4.93 Å². The van der Waals surface area contributed by atoms with Gasteiger partial charge in [-0.1, -0.05) is 23.4 Å². The summed E-state index contributed by atoms with van der Waals surface area (Å²) in [7, 11) is 0. The van der Waals surface area contributed by atoms with Crippen LogP contribution in [0.2, 0.25) is 5.02 Å². The Morgan fingerprint density at radius 2 is 1.95 bits per heavy atom. The number of benzene rings is 2. The monoisotopic (exact) mass is 395 g/mol. The van der Waals surface area contributed by atoms with E-state index in [2.05, 4.69) is 20.5 Å². The summed E-state index contributed by atoms with van der Waals surface area (Å²) < 4.78 is 16.9. The molecule has 1 aromatic heterocycles. The summed E-state index contributed by atoms with van der Waals surface area (Å²) in [5.41, 5.74) is 2.29. The lowest BCUT2D eigenvalue weighted by Gasteiger charge is -2.05. The van der Waals surface area contributed by atoms with E-state index in [1.54, 1.807) is 23.9 Å². The lowest BCUT2D eigenvalue weighted by molar-refractivity contribution is 0.627. The molecular weight excluding hydrogens is 385 g/mol. The molecule has 1 aliphatic rings. The molecule has 0 spiro atoms. The second-order valence-electron chi connectivity index (χ2n) is 5.37. The molecule has 0 radical (unpaired) electrons. The number of aromatic nitrogens is 1. The van der Waals surface area contributed by atoms with E-state index in [9.17, 15) is 4.39 Å². The van der Waals surface area contributed by atoms with Gasteiger partial charge in [0.15, 0.2) is 0 Å². The summed E-state index contributed by atoms with van der Waals surface area (Å²) in [6.45, 7) is 0.961. The fraction of sp³-hybridized carbons (Fsp3) is 0.176. The number of hydrogen-bond donors (Lipinski definition) is 0. The highest BCUT2D eigenvalue weighted by molar-refractivity contribution is 9.10. The Morgan fingerprint density at radius 1 is 1.18 bits per heavy atom. The van der Waals surface area contributed by atoms with E-state index in [4.69, 9.17) is 11.6 Å². The lowest BCUT2D eigenvalue weighted by Crippen LogP contribution is -1.91. The molecule has 0 atom stereocenters. The molecule has 22 heavy (non-hydrogen) atoms. The van der Waals surface area contributed by atoms with Crippen LogP contribution in [0.25, 0.3) is 10.9 Å². The lowest BCUT2D eigenvalue weighted by atomic mass is 10.2. The van der Waals surface area contributed by atoms with Crippen LogP contribution in [0.4, 0.5) is 4.39 Å². The molecular formula is C17H12BrClFNS. The second-order valence-corrected chi connectivity index (χ2v) is 7.74. The van der Waals surface area contributed by atoms with Gasteiger partial charge < -0.3 is 4.57 Å². The predicted octanol–water partition coefficient (Wildman–Crippen LogP) is 6.29. The van der Waals surface area contributed by atoms with Crippen LogP contribution in [-0.2, 0) is 13.0 Å². The van der Waals surface area contributed by atoms with Crippen molar-refractivity contribution in [1.29, 1.82) is 0 Å². The maximum absolute atomic E-state index is 13.8. The highest BCUT2D eigenvalue weighted by Crippen LogP contribution is 2.44. The maximum Gasteiger partial charge on any atom is 0.126 e. The van der Waals surface area contributed by atoms with Gasteiger partial charge >= 0.3 is 0 Å². The third-order valence-electron chi connectivity index (χ3n) is 3.97. The van der Waals surface area contributed by atoms with E-state index in [0.29, 0.717) is 0 Å². The first kappa shape index (κ1) is 14.6. The minimum absolute atomic E-state index is 0.199. The summed E-state index contributed by atoms with van der Waals surface area (Å²) in [5.74, 6) is -0.199. The van der Waals surface area contributed by atoms with Gasteiger partial charge in [0, 0.05) is 36.9 Å². The van der Waals surface area contributed by atoms with Gasteiger partial charge in [0.25, 0.3) is 0 Å². The standard InChI is InChI=1S/C17H12BrClFNS/c18-13-8-11(20)9-15-16(13)17(14-2-1-7-21(14)15)22-12-5-3-10(19)4-6-12/h3-6,8-9H,1-2,7H2. The van der Waals surface area contributed by atoms with Crippen molar-refractivity contribution in [2.45, 2.75) is 29.2 Å². The number of nitrogens with zero attached hydrogens (tertiary/aromatic N) is 1. The van der Waals surface area contributed by atoms with E-state index in [1.165, 1.54) is 10.6 Å². The van der Waals surface area contributed by atoms with Crippen molar-refractivity contribution >= 4 is 50.2 Å². The van der Waals surface area contributed by atoms with Gasteiger partial charge in [-0.15, -0.1) is 0 Å². The van der Waals surface area contributed by atoms with Gasteiger partial charge in [-0.3, -0.25) is 0 Å². The molecule has 112 valence electrons. The van der Waals surface area contributed by atoms with Crippen molar-refractivity contribution < 1.29 is 4.39 Å². The van der Waals surface area contributed by atoms with Crippen LogP contribution < -0.4 is 0 Å². The van der Waals surface area contributed by atoms with Crippen molar-refractivity contribution in [3.8, 4) is 0 Å². The molecule has 0 N–H and O–H groups in total. The fourth-order valence-electron chi connectivity index (χ4n) is 3.05. The summed E-state index contributed by atoms with van der Waals surface area (Å²) in [6.07, 6.45) is 2.16. The minimum atomic E-state index is -0.199. The first-order valence-corrected chi connectivity index (χ1v) is 9.06. The molecule has 1 aliphatic heterocycles. The molecule has 1 nitrogen and oxygen atoms in total. The van der Waals surface area contributed by atoms with Crippen molar-refractivity contribution in [1.82, 2.24) is 4.57 Å². The number of rotatable bonds is 2. The van der Waals surface area contributed by atoms with E-state index in [0.717, 1.165) is 44.7 Å². The number of aryl methyl sites for hydroxylation is 1. The van der Waals surface area contributed by atoms with Crippen LogP contribution in [-0.4, -0.2) is 4.57 Å². The van der Waals surface area contributed by atoms with Gasteiger partial charge in [0.2, 0.25) is 0 Å². The van der Waals surface area contributed by atoms with Gasteiger partial charge in [0.05, 0.1) is 5.52 Å². The van der Waals surface area contributed by atoms with Crippen LogP contribution in [0.15, 0.2) is 50.7 Å². The Morgan fingerprint density at radius 3 is 2.73 bits per heavy atom. The van der Waals surface area contributed by atoms with Crippen LogP contribution >= 0.6 is 39.3 Å². The van der Waals surface area contributed by atoms with E-state index < -0.39 is 0 Å². The summed E-state index contributed by atoms with van der Waals surface area (Å²) in [5, 5.41) is 1.84. The first-order chi connectivity index (χ1) is 10.6. The van der Waals surface area contributed by atoms with Gasteiger partial charge in [0.1, 0.15) is 5.82 Å². The second kappa shape index (κ2) is 5.59. The number of halogens is 3. The molecule has 0 fully saturated rings. The zero-order chi connectivity index (χ0) is 15.3. The van der Waals surface area contributed by atoms with Crippen LogP contribution in [0.1, 0.15) is 12.1 Å². The predicted molar refractivity (Wildman–Crippen MR) is 93.5 cm³/mol. The third-order valence-corrected chi connectivity index (χ3v) is 6.00. The zero-order valence-corrected chi connectivity index (χ0v) is 14.7. The molecule has 2 heterocycles. The first-order valence-electron chi connectivity index (χ1n) is 7.07. The Kier molecular flexibility index (Phi) is 3.71. The Labute approximate surface area is 145 Å². The van der Waals surface area contributed by atoms with Crippen molar-refractivity contribution in [3.63, 3.8) is 0 Å². The van der Waals surface area contributed by atoms with Gasteiger partial charge in [-0.05, 0) is 65.2 Å². The SMILES string of the molecule is Fc1cc(Br)c2c(Sc3ccc(Cl)cc3)c3n(c2c1)CCC3. The highest BCUT2D eigenvalue weighted by Gasteiger charge is 2.24. The zero-order valence-electron chi connectivity index (χ0n) is 11.6. The minimum Gasteiger partial charge on any atom is -0.343 e. The van der Waals surface area contributed by atoms with Crippen molar-refractivity contribution in [3.05, 3.63) is 57.4 Å². The van der Waals surface area contributed by atoms with E-state index in [-0.39, 0.29) is 5.82 Å². The smallest absolute Gasteiger partial charge is 0.126 e. The number of fused-ring (bicyclic) bond motifs is 3. The molecule has 3 aromatic rings.